The van der Waals surface area contributed by atoms with Gasteiger partial charge in [0.2, 0.25) is 0 Å². The number of para-hydroxylation sites is 1. The smallest absolute Gasteiger partial charge is 0.156 e. The summed E-state index contributed by atoms with van der Waals surface area (Å²) in [6.07, 6.45) is 1.90. The number of alkyl halides is 1. The first-order valence-corrected chi connectivity index (χ1v) is 6.74. The van der Waals surface area contributed by atoms with E-state index >= 15 is 0 Å². The van der Waals surface area contributed by atoms with Gasteiger partial charge in [0.15, 0.2) is 5.75 Å². The summed E-state index contributed by atoms with van der Waals surface area (Å²) in [5, 5.41) is 0. The number of halogens is 1. The van der Waals surface area contributed by atoms with Crippen molar-refractivity contribution in [3.8, 4) is 11.5 Å². The lowest BCUT2D eigenvalue weighted by Gasteiger charge is -2.13. The van der Waals surface area contributed by atoms with Crippen LogP contribution >= 0.6 is 11.6 Å². The summed E-state index contributed by atoms with van der Waals surface area (Å²) in [6.45, 7) is 2.56. The summed E-state index contributed by atoms with van der Waals surface area (Å²) in [5.74, 6) is 1.84. The fraction of sp³-hybridized carbons (Fsp3) is 0.267. The van der Waals surface area contributed by atoms with E-state index < -0.39 is 0 Å². The van der Waals surface area contributed by atoms with Gasteiger partial charge in [0, 0.05) is 17.3 Å². The van der Waals surface area contributed by atoms with E-state index in [1.54, 1.807) is 0 Å². The van der Waals surface area contributed by atoms with E-state index in [0.717, 1.165) is 28.3 Å². The van der Waals surface area contributed by atoms with Crippen LogP contribution in [-0.4, -0.2) is 4.98 Å². The van der Waals surface area contributed by atoms with E-state index in [1.807, 2.05) is 43.5 Å². The maximum atomic E-state index is 5.96. The molecule has 1 aliphatic rings. The molecule has 1 unspecified atom stereocenters. The van der Waals surface area contributed by atoms with Crippen LogP contribution in [0.2, 0.25) is 0 Å². The topological polar surface area (TPSA) is 31.4 Å². The van der Waals surface area contributed by atoms with E-state index in [0.29, 0.717) is 12.5 Å². The number of ether oxygens (including phenoxy) is 2. The first-order valence-electron chi connectivity index (χ1n) is 6.20. The lowest BCUT2D eigenvalue weighted by atomic mass is 10.1. The minimum atomic E-state index is 0.0602. The molecule has 0 amide bonds. The van der Waals surface area contributed by atoms with Gasteiger partial charge in [0.25, 0.3) is 0 Å². The molecule has 98 valence electrons. The van der Waals surface area contributed by atoms with Gasteiger partial charge in [-0.1, -0.05) is 18.2 Å². The molecule has 4 heteroatoms. The molecule has 0 saturated heterocycles. The SMILES string of the molecule is CC1OCc2c1cnc(CCl)c2Oc1ccccc1. The van der Waals surface area contributed by atoms with Crippen LogP contribution in [0.25, 0.3) is 0 Å². The number of hydrogen-bond acceptors (Lipinski definition) is 3. The monoisotopic (exact) mass is 275 g/mol. The Labute approximate surface area is 117 Å². The van der Waals surface area contributed by atoms with Crippen molar-refractivity contribution < 1.29 is 9.47 Å². The van der Waals surface area contributed by atoms with E-state index in [4.69, 9.17) is 21.1 Å². The molecule has 2 aromatic rings. The third-order valence-corrected chi connectivity index (χ3v) is 3.50. The Bertz CT molecular complexity index is 586. The first-order chi connectivity index (χ1) is 9.29. The highest BCUT2D eigenvalue weighted by atomic mass is 35.5. The lowest BCUT2D eigenvalue weighted by Crippen LogP contribution is -1.99. The Morgan fingerprint density at radius 2 is 2.16 bits per heavy atom. The molecule has 1 aliphatic heterocycles. The maximum Gasteiger partial charge on any atom is 0.156 e. The Morgan fingerprint density at radius 1 is 1.37 bits per heavy atom. The van der Waals surface area contributed by atoms with Crippen LogP contribution in [0.3, 0.4) is 0 Å². The van der Waals surface area contributed by atoms with Crippen molar-refractivity contribution in [3.05, 3.63) is 53.3 Å². The van der Waals surface area contributed by atoms with Crippen LogP contribution in [0.1, 0.15) is 29.8 Å². The Kier molecular flexibility index (Phi) is 3.40. The number of hydrogen-bond donors (Lipinski definition) is 0. The predicted octanol–water partition coefficient (Wildman–Crippen LogP) is 4.20. The molecular formula is C15H14ClNO2. The fourth-order valence-corrected chi connectivity index (χ4v) is 2.40. The van der Waals surface area contributed by atoms with Crippen molar-refractivity contribution >= 4 is 11.6 Å². The molecule has 3 nitrogen and oxygen atoms in total. The minimum Gasteiger partial charge on any atom is -0.455 e. The largest absolute Gasteiger partial charge is 0.455 e. The van der Waals surface area contributed by atoms with Gasteiger partial charge in [0.05, 0.1) is 24.3 Å². The molecule has 0 saturated carbocycles. The van der Waals surface area contributed by atoms with Crippen molar-refractivity contribution in [2.75, 3.05) is 0 Å². The van der Waals surface area contributed by atoms with Crippen LogP contribution in [0.5, 0.6) is 11.5 Å². The normalized spacial score (nSPS) is 17.3. The second kappa shape index (κ2) is 5.19. The number of nitrogens with zero attached hydrogens (tertiary/aromatic N) is 1. The molecule has 2 heterocycles. The van der Waals surface area contributed by atoms with Gasteiger partial charge in [-0.15, -0.1) is 11.6 Å². The van der Waals surface area contributed by atoms with E-state index in [2.05, 4.69) is 4.98 Å². The predicted molar refractivity (Wildman–Crippen MR) is 73.5 cm³/mol. The van der Waals surface area contributed by atoms with Crippen LogP contribution in [0.15, 0.2) is 36.5 Å². The van der Waals surface area contributed by atoms with Gasteiger partial charge in [-0.3, -0.25) is 4.98 Å². The molecule has 0 bridgehead atoms. The number of benzene rings is 1. The highest BCUT2D eigenvalue weighted by Gasteiger charge is 2.26. The van der Waals surface area contributed by atoms with Gasteiger partial charge in [-0.05, 0) is 19.1 Å². The average molecular weight is 276 g/mol. The summed E-state index contributed by atoms with van der Waals surface area (Å²) in [5.41, 5.74) is 2.89. The fourth-order valence-electron chi connectivity index (χ4n) is 2.21. The molecule has 0 N–H and O–H groups in total. The zero-order valence-electron chi connectivity index (χ0n) is 10.6. The van der Waals surface area contributed by atoms with Gasteiger partial charge < -0.3 is 9.47 Å². The van der Waals surface area contributed by atoms with Crippen LogP contribution in [0.4, 0.5) is 0 Å². The average Bonchev–Trinajstić information content (AvgIpc) is 2.82. The number of fused-ring (bicyclic) bond motifs is 1. The van der Waals surface area contributed by atoms with Gasteiger partial charge in [-0.25, -0.2) is 0 Å². The number of rotatable bonds is 3. The molecule has 3 rings (SSSR count). The van der Waals surface area contributed by atoms with E-state index in [-0.39, 0.29) is 6.10 Å². The van der Waals surface area contributed by atoms with Crippen LogP contribution in [-0.2, 0) is 17.2 Å². The molecule has 19 heavy (non-hydrogen) atoms. The molecule has 0 spiro atoms. The van der Waals surface area contributed by atoms with Gasteiger partial charge in [-0.2, -0.15) is 0 Å². The Balaban J connectivity index is 2.04. The number of pyridine rings is 1. The molecule has 1 atom stereocenters. The first kappa shape index (κ1) is 12.5. The van der Waals surface area contributed by atoms with Crippen molar-refractivity contribution in [1.29, 1.82) is 0 Å². The lowest BCUT2D eigenvalue weighted by molar-refractivity contribution is 0.0791. The third-order valence-electron chi connectivity index (χ3n) is 3.25. The summed E-state index contributed by atoms with van der Waals surface area (Å²) in [7, 11) is 0. The quantitative estimate of drug-likeness (QED) is 0.787. The highest BCUT2D eigenvalue weighted by Crippen LogP contribution is 2.39. The summed E-state index contributed by atoms with van der Waals surface area (Å²) in [6, 6.07) is 9.65. The van der Waals surface area contributed by atoms with Crippen molar-refractivity contribution in [1.82, 2.24) is 4.98 Å². The molecule has 0 fully saturated rings. The number of aromatic nitrogens is 1. The van der Waals surface area contributed by atoms with Gasteiger partial charge >= 0.3 is 0 Å². The van der Waals surface area contributed by atoms with Gasteiger partial charge in [0.1, 0.15) is 5.75 Å². The molecular weight excluding hydrogens is 262 g/mol. The summed E-state index contributed by atoms with van der Waals surface area (Å²) < 4.78 is 11.6. The van der Waals surface area contributed by atoms with Crippen molar-refractivity contribution in [3.63, 3.8) is 0 Å². The Morgan fingerprint density at radius 3 is 2.89 bits per heavy atom. The second-order valence-corrected chi connectivity index (χ2v) is 4.74. The van der Waals surface area contributed by atoms with E-state index in [9.17, 15) is 0 Å². The zero-order valence-corrected chi connectivity index (χ0v) is 11.4. The zero-order chi connectivity index (χ0) is 13.2. The standard InChI is InChI=1S/C15H14ClNO2/c1-10-12-8-17-14(7-16)15(13(12)9-18-10)19-11-5-3-2-4-6-11/h2-6,8,10H,7,9H2,1H3. The minimum absolute atomic E-state index is 0.0602. The van der Waals surface area contributed by atoms with Crippen LogP contribution in [0, 0.1) is 0 Å². The van der Waals surface area contributed by atoms with E-state index in [1.165, 1.54) is 0 Å². The highest BCUT2D eigenvalue weighted by molar-refractivity contribution is 6.17. The Hall–Kier alpha value is -1.58. The molecule has 0 radical (unpaired) electrons. The summed E-state index contributed by atoms with van der Waals surface area (Å²) in [4.78, 5) is 4.38. The molecule has 1 aromatic carbocycles. The third kappa shape index (κ3) is 2.31. The van der Waals surface area contributed by atoms with Crippen molar-refractivity contribution in [2.24, 2.45) is 0 Å². The second-order valence-electron chi connectivity index (χ2n) is 4.47. The van der Waals surface area contributed by atoms with Crippen molar-refractivity contribution in [2.45, 2.75) is 25.5 Å². The summed E-state index contributed by atoms with van der Waals surface area (Å²) >= 11 is 5.95. The molecule has 1 aromatic heterocycles. The maximum absolute atomic E-state index is 5.96. The molecule has 0 aliphatic carbocycles. The van der Waals surface area contributed by atoms with Crippen LogP contribution < -0.4 is 4.74 Å².